The highest BCUT2D eigenvalue weighted by molar-refractivity contribution is 9.10. The Balaban J connectivity index is 1.99. The lowest BCUT2D eigenvalue weighted by Crippen LogP contribution is -2.19. The smallest absolute Gasteiger partial charge is 0.175 e. The van der Waals surface area contributed by atoms with E-state index in [9.17, 15) is 0 Å². The number of nitrogens with one attached hydrogen (secondary N) is 2. The van der Waals surface area contributed by atoms with Crippen LogP contribution in [0.5, 0.6) is 0 Å². The molecule has 0 atom stereocenters. The first-order chi connectivity index (χ1) is 9.95. The second-order valence-electron chi connectivity index (χ2n) is 5.32. The molecular weight excluding hydrogens is 344 g/mol. The fraction of sp³-hybridized carbons (Fsp3) is 0.235. The molecule has 0 unspecified atom stereocenters. The molecule has 0 aliphatic rings. The second-order valence-corrected chi connectivity index (χ2v) is 6.58. The molecule has 0 aromatic heterocycles. The van der Waals surface area contributed by atoms with Gasteiger partial charge in [-0.3, -0.25) is 0 Å². The largest absolute Gasteiger partial charge is 0.332 e. The zero-order chi connectivity index (χ0) is 15.4. The van der Waals surface area contributed by atoms with Crippen LogP contribution < -0.4 is 10.6 Å². The Bertz CT molecular complexity index is 636. The quantitative estimate of drug-likeness (QED) is 0.685. The molecule has 0 saturated carbocycles. The summed E-state index contributed by atoms with van der Waals surface area (Å²) in [5.74, 6) is 0.537. The van der Waals surface area contributed by atoms with Gasteiger partial charge in [-0.25, -0.2) is 0 Å². The van der Waals surface area contributed by atoms with Crippen LogP contribution in [0, 0.1) is 6.92 Å². The predicted molar refractivity (Wildman–Crippen MR) is 99.3 cm³/mol. The molecule has 0 radical (unpaired) electrons. The van der Waals surface area contributed by atoms with Crippen molar-refractivity contribution in [1.29, 1.82) is 0 Å². The summed E-state index contributed by atoms with van der Waals surface area (Å²) in [4.78, 5) is 0. The maximum atomic E-state index is 5.34. The molecule has 0 aliphatic heterocycles. The SMILES string of the molecule is Cc1cc(NC(=S)Nc2ccc(C(C)C)cc2)ccc1Br. The molecule has 0 spiro atoms. The molecule has 4 heteroatoms. The zero-order valence-corrected chi connectivity index (χ0v) is 14.8. The van der Waals surface area contributed by atoms with E-state index >= 15 is 0 Å². The van der Waals surface area contributed by atoms with E-state index in [1.165, 1.54) is 11.1 Å². The zero-order valence-electron chi connectivity index (χ0n) is 12.4. The molecule has 0 saturated heterocycles. The van der Waals surface area contributed by atoms with E-state index in [0.29, 0.717) is 11.0 Å². The summed E-state index contributed by atoms with van der Waals surface area (Å²) in [6.07, 6.45) is 0. The third-order valence-electron chi connectivity index (χ3n) is 3.25. The van der Waals surface area contributed by atoms with Crippen molar-refractivity contribution in [3.8, 4) is 0 Å². The molecule has 0 heterocycles. The highest BCUT2D eigenvalue weighted by Gasteiger charge is 2.02. The highest BCUT2D eigenvalue weighted by Crippen LogP contribution is 2.21. The van der Waals surface area contributed by atoms with Crippen molar-refractivity contribution in [2.75, 3.05) is 10.6 Å². The summed E-state index contributed by atoms with van der Waals surface area (Å²) in [5.41, 5.74) is 4.46. The van der Waals surface area contributed by atoms with Gasteiger partial charge in [-0.15, -0.1) is 0 Å². The highest BCUT2D eigenvalue weighted by atomic mass is 79.9. The summed E-state index contributed by atoms with van der Waals surface area (Å²) in [5, 5.41) is 6.99. The topological polar surface area (TPSA) is 24.1 Å². The van der Waals surface area contributed by atoms with Crippen LogP contribution in [0.15, 0.2) is 46.9 Å². The van der Waals surface area contributed by atoms with E-state index in [0.717, 1.165) is 15.8 Å². The first-order valence-corrected chi connectivity index (χ1v) is 8.10. The molecule has 0 fully saturated rings. The number of halogens is 1. The Hall–Kier alpha value is -1.39. The van der Waals surface area contributed by atoms with Crippen LogP contribution in [0.4, 0.5) is 11.4 Å². The van der Waals surface area contributed by atoms with Crippen molar-refractivity contribution >= 4 is 44.6 Å². The molecular formula is C17H19BrN2S. The maximum absolute atomic E-state index is 5.34. The van der Waals surface area contributed by atoms with Gasteiger partial charge >= 0.3 is 0 Å². The number of benzene rings is 2. The molecule has 2 rings (SSSR count). The van der Waals surface area contributed by atoms with Gasteiger partial charge in [0.15, 0.2) is 5.11 Å². The minimum Gasteiger partial charge on any atom is -0.332 e. The monoisotopic (exact) mass is 362 g/mol. The summed E-state index contributed by atoms with van der Waals surface area (Å²) in [6.45, 7) is 6.42. The molecule has 0 aliphatic carbocycles. The lowest BCUT2D eigenvalue weighted by Gasteiger charge is -2.12. The molecule has 2 aromatic rings. The van der Waals surface area contributed by atoms with Crippen LogP contribution >= 0.6 is 28.1 Å². The van der Waals surface area contributed by atoms with E-state index in [2.05, 4.69) is 77.7 Å². The van der Waals surface area contributed by atoms with Crippen LogP contribution in [-0.2, 0) is 0 Å². The van der Waals surface area contributed by atoms with E-state index < -0.39 is 0 Å². The lowest BCUT2D eigenvalue weighted by atomic mass is 10.0. The number of rotatable bonds is 3. The van der Waals surface area contributed by atoms with Crippen molar-refractivity contribution < 1.29 is 0 Å². The summed E-state index contributed by atoms with van der Waals surface area (Å²) in [6, 6.07) is 14.4. The number of hydrogen-bond donors (Lipinski definition) is 2. The number of aryl methyl sites for hydroxylation is 1. The third kappa shape index (κ3) is 4.55. The van der Waals surface area contributed by atoms with Gasteiger partial charge in [0, 0.05) is 15.8 Å². The third-order valence-corrected chi connectivity index (χ3v) is 4.34. The van der Waals surface area contributed by atoms with Gasteiger partial charge in [0.05, 0.1) is 0 Å². The van der Waals surface area contributed by atoms with Crippen molar-refractivity contribution in [1.82, 2.24) is 0 Å². The van der Waals surface area contributed by atoms with Crippen molar-refractivity contribution in [3.05, 3.63) is 58.1 Å². The Kier molecular flexibility index (Phi) is 5.37. The van der Waals surface area contributed by atoms with Gasteiger partial charge in [0.2, 0.25) is 0 Å². The van der Waals surface area contributed by atoms with Crippen molar-refractivity contribution in [2.24, 2.45) is 0 Å². The molecule has 0 amide bonds. The Morgan fingerprint density at radius 2 is 1.57 bits per heavy atom. The standard InChI is InChI=1S/C17H19BrN2S/c1-11(2)13-4-6-14(7-5-13)19-17(21)20-15-8-9-16(18)12(3)10-15/h4-11H,1-3H3,(H2,19,20,21). The summed E-state index contributed by atoms with van der Waals surface area (Å²) >= 11 is 8.84. The summed E-state index contributed by atoms with van der Waals surface area (Å²) < 4.78 is 1.09. The van der Waals surface area contributed by atoms with E-state index in [-0.39, 0.29) is 0 Å². The predicted octanol–water partition coefficient (Wildman–Crippen LogP) is 5.69. The first kappa shape index (κ1) is 16.0. The van der Waals surface area contributed by atoms with E-state index in [1.807, 2.05) is 12.1 Å². The molecule has 2 nitrogen and oxygen atoms in total. The van der Waals surface area contributed by atoms with E-state index in [4.69, 9.17) is 12.2 Å². The normalized spacial score (nSPS) is 10.5. The van der Waals surface area contributed by atoms with Crippen molar-refractivity contribution in [2.45, 2.75) is 26.7 Å². The van der Waals surface area contributed by atoms with Crippen LogP contribution in [-0.4, -0.2) is 5.11 Å². The molecule has 21 heavy (non-hydrogen) atoms. The minimum absolute atomic E-state index is 0.537. The summed E-state index contributed by atoms with van der Waals surface area (Å²) in [7, 11) is 0. The number of thiocarbonyl (C=S) groups is 1. The lowest BCUT2D eigenvalue weighted by molar-refractivity contribution is 0.867. The number of anilines is 2. The molecule has 2 N–H and O–H groups in total. The van der Waals surface area contributed by atoms with Crippen LogP contribution in [0.1, 0.15) is 30.9 Å². The Morgan fingerprint density at radius 3 is 2.14 bits per heavy atom. The first-order valence-electron chi connectivity index (χ1n) is 6.90. The van der Waals surface area contributed by atoms with Gasteiger partial charge in [-0.1, -0.05) is 41.9 Å². The maximum Gasteiger partial charge on any atom is 0.175 e. The van der Waals surface area contributed by atoms with Crippen LogP contribution in [0.2, 0.25) is 0 Å². The van der Waals surface area contributed by atoms with Gasteiger partial charge in [-0.05, 0) is 66.5 Å². The van der Waals surface area contributed by atoms with Crippen molar-refractivity contribution in [3.63, 3.8) is 0 Å². The second kappa shape index (κ2) is 7.05. The van der Waals surface area contributed by atoms with Gasteiger partial charge in [0.1, 0.15) is 0 Å². The minimum atomic E-state index is 0.537. The molecule has 0 bridgehead atoms. The van der Waals surface area contributed by atoms with Crippen LogP contribution in [0.25, 0.3) is 0 Å². The average Bonchev–Trinajstić information content (AvgIpc) is 2.43. The van der Waals surface area contributed by atoms with Gasteiger partial charge < -0.3 is 10.6 Å². The molecule has 110 valence electrons. The van der Waals surface area contributed by atoms with E-state index in [1.54, 1.807) is 0 Å². The average molecular weight is 363 g/mol. The fourth-order valence-corrected chi connectivity index (χ4v) is 2.45. The Labute approximate surface area is 140 Å². The number of hydrogen-bond acceptors (Lipinski definition) is 1. The van der Waals surface area contributed by atoms with Crippen LogP contribution in [0.3, 0.4) is 0 Å². The Morgan fingerprint density at radius 1 is 1.00 bits per heavy atom. The fourth-order valence-electron chi connectivity index (χ4n) is 1.97. The van der Waals surface area contributed by atoms with Gasteiger partial charge in [-0.2, -0.15) is 0 Å². The molecule has 2 aromatic carbocycles. The van der Waals surface area contributed by atoms with Gasteiger partial charge in [0.25, 0.3) is 0 Å².